The van der Waals surface area contributed by atoms with Gasteiger partial charge in [-0.05, 0) is 41.1 Å². The van der Waals surface area contributed by atoms with Crippen molar-refractivity contribution in [3.05, 3.63) is 40.6 Å². The molecule has 2 aromatic rings. The first-order valence-corrected chi connectivity index (χ1v) is 6.60. The standard InChI is InChI=1S/C13H14BrN3O2/c1-3-17-8-9(7-15-17)16-13(18)11-6-10(19-2)4-5-12(11)14/h4-8H,3H2,1-2H3,(H,16,18). The number of rotatable bonds is 4. The molecule has 5 nitrogen and oxygen atoms in total. The van der Waals surface area contributed by atoms with Gasteiger partial charge in [-0.1, -0.05) is 0 Å². The second-order valence-corrected chi connectivity index (χ2v) is 4.74. The van der Waals surface area contributed by atoms with Gasteiger partial charge in [0, 0.05) is 17.2 Å². The molecular formula is C13H14BrN3O2. The van der Waals surface area contributed by atoms with Crippen molar-refractivity contribution in [2.45, 2.75) is 13.5 Å². The van der Waals surface area contributed by atoms with Gasteiger partial charge in [-0.2, -0.15) is 5.10 Å². The summed E-state index contributed by atoms with van der Waals surface area (Å²) in [5.41, 5.74) is 1.19. The first kappa shape index (κ1) is 13.6. The Bertz CT molecular complexity index is 595. The number of benzene rings is 1. The van der Waals surface area contributed by atoms with Crippen LogP contribution in [0.1, 0.15) is 17.3 Å². The first-order valence-electron chi connectivity index (χ1n) is 5.81. The Morgan fingerprint density at radius 2 is 2.32 bits per heavy atom. The van der Waals surface area contributed by atoms with E-state index in [0.29, 0.717) is 21.5 Å². The molecule has 0 spiro atoms. The summed E-state index contributed by atoms with van der Waals surface area (Å²) in [6.45, 7) is 2.75. The minimum atomic E-state index is -0.207. The lowest BCUT2D eigenvalue weighted by Crippen LogP contribution is -2.12. The molecule has 0 saturated carbocycles. The van der Waals surface area contributed by atoms with E-state index < -0.39 is 0 Å². The molecule has 0 aliphatic carbocycles. The summed E-state index contributed by atoms with van der Waals surface area (Å²) in [5, 5.41) is 6.90. The summed E-state index contributed by atoms with van der Waals surface area (Å²) < 4.78 is 7.58. The summed E-state index contributed by atoms with van der Waals surface area (Å²) in [7, 11) is 1.57. The number of methoxy groups -OCH3 is 1. The zero-order valence-electron chi connectivity index (χ0n) is 10.7. The number of hydrogen-bond acceptors (Lipinski definition) is 3. The largest absolute Gasteiger partial charge is 0.497 e. The minimum Gasteiger partial charge on any atom is -0.497 e. The van der Waals surface area contributed by atoms with Gasteiger partial charge in [0.25, 0.3) is 5.91 Å². The van der Waals surface area contributed by atoms with E-state index in [1.807, 2.05) is 6.92 Å². The van der Waals surface area contributed by atoms with Crippen molar-refractivity contribution in [1.82, 2.24) is 9.78 Å². The molecule has 0 saturated heterocycles. The zero-order chi connectivity index (χ0) is 13.8. The summed E-state index contributed by atoms with van der Waals surface area (Å²) in [6, 6.07) is 5.25. The molecule has 1 amide bonds. The Kier molecular flexibility index (Phi) is 4.21. The van der Waals surface area contributed by atoms with Crippen LogP contribution in [-0.2, 0) is 6.54 Å². The Morgan fingerprint density at radius 1 is 1.53 bits per heavy atom. The topological polar surface area (TPSA) is 56.2 Å². The number of hydrogen-bond donors (Lipinski definition) is 1. The van der Waals surface area contributed by atoms with Crippen LogP contribution in [0.25, 0.3) is 0 Å². The maximum atomic E-state index is 12.2. The van der Waals surface area contributed by atoms with E-state index >= 15 is 0 Å². The van der Waals surface area contributed by atoms with Crippen LogP contribution >= 0.6 is 15.9 Å². The smallest absolute Gasteiger partial charge is 0.257 e. The van der Waals surface area contributed by atoms with Crippen LogP contribution < -0.4 is 10.1 Å². The zero-order valence-corrected chi connectivity index (χ0v) is 12.3. The van der Waals surface area contributed by atoms with Crippen molar-refractivity contribution in [3.8, 4) is 5.75 Å². The lowest BCUT2D eigenvalue weighted by molar-refractivity contribution is 0.102. The molecule has 1 aromatic carbocycles. The summed E-state index contributed by atoms with van der Waals surface area (Å²) in [5.74, 6) is 0.430. The summed E-state index contributed by atoms with van der Waals surface area (Å²) in [4.78, 5) is 12.2. The highest BCUT2D eigenvalue weighted by Crippen LogP contribution is 2.23. The fraction of sp³-hybridized carbons (Fsp3) is 0.231. The van der Waals surface area contributed by atoms with Crippen LogP contribution in [0, 0.1) is 0 Å². The van der Waals surface area contributed by atoms with Crippen LogP contribution in [0.2, 0.25) is 0 Å². The fourth-order valence-electron chi connectivity index (χ4n) is 1.60. The maximum Gasteiger partial charge on any atom is 0.257 e. The van der Waals surface area contributed by atoms with E-state index in [1.54, 1.807) is 42.4 Å². The predicted molar refractivity (Wildman–Crippen MR) is 76.5 cm³/mol. The Morgan fingerprint density at radius 3 is 2.95 bits per heavy atom. The third kappa shape index (κ3) is 3.14. The van der Waals surface area contributed by atoms with Crippen LogP contribution in [0.4, 0.5) is 5.69 Å². The van der Waals surface area contributed by atoms with Gasteiger partial charge in [0.05, 0.1) is 24.6 Å². The predicted octanol–water partition coefficient (Wildman–Crippen LogP) is 2.93. The molecular weight excluding hydrogens is 310 g/mol. The number of amides is 1. The van der Waals surface area contributed by atoms with Crippen molar-refractivity contribution >= 4 is 27.5 Å². The molecule has 1 aromatic heterocycles. The number of ether oxygens (including phenoxy) is 1. The number of carbonyl (C=O) groups is 1. The number of nitrogens with one attached hydrogen (secondary N) is 1. The average molecular weight is 324 g/mol. The van der Waals surface area contributed by atoms with Gasteiger partial charge in [0.15, 0.2) is 0 Å². The monoisotopic (exact) mass is 323 g/mol. The van der Waals surface area contributed by atoms with Crippen molar-refractivity contribution in [2.24, 2.45) is 0 Å². The molecule has 19 heavy (non-hydrogen) atoms. The van der Waals surface area contributed by atoms with Crippen LogP contribution in [0.3, 0.4) is 0 Å². The molecule has 0 fully saturated rings. The van der Waals surface area contributed by atoms with Crippen molar-refractivity contribution < 1.29 is 9.53 Å². The number of anilines is 1. The minimum absolute atomic E-state index is 0.207. The number of halogens is 1. The molecule has 1 N–H and O–H groups in total. The van der Waals surface area contributed by atoms with Gasteiger partial charge in [0.1, 0.15) is 5.75 Å². The van der Waals surface area contributed by atoms with Gasteiger partial charge in [-0.3, -0.25) is 9.48 Å². The summed E-state index contributed by atoms with van der Waals surface area (Å²) in [6.07, 6.45) is 3.40. The van der Waals surface area contributed by atoms with Gasteiger partial charge in [0.2, 0.25) is 0 Å². The quantitative estimate of drug-likeness (QED) is 0.941. The van der Waals surface area contributed by atoms with Gasteiger partial charge in [-0.25, -0.2) is 0 Å². The van der Waals surface area contributed by atoms with E-state index in [4.69, 9.17) is 4.74 Å². The molecule has 100 valence electrons. The lowest BCUT2D eigenvalue weighted by Gasteiger charge is -2.07. The van der Waals surface area contributed by atoms with E-state index in [1.165, 1.54) is 0 Å². The first-order chi connectivity index (χ1) is 9.13. The van der Waals surface area contributed by atoms with E-state index in [0.717, 1.165) is 6.54 Å². The Labute approximate surface area is 119 Å². The Balaban J connectivity index is 2.19. The molecule has 6 heteroatoms. The normalized spacial score (nSPS) is 10.3. The molecule has 0 atom stereocenters. The third-order valence-electron chi connectivity index (χ3n) is 2.63. The second-order valence-electron chi connectivity index (χ2n) is 3.88. The number of nitrogens with zero attached hydrogens (tertiary/aromatic N) is 2. The second kappa shape index (κ2) is 5.88. The highest BCUT2D eigenvalue weighted by molar-refractivity contribution is 9.10. The molecule has 2 rings (SSSR count). The van der Waals surface area contributed by atoms with E-state index in [9.17, 15) is 4.79 Å². The number of aromatic nitrogens is 2. The number of carbonyl (C=O) groups excluding carboxylic acids is 1. The van der Waals surface area contributed by atoms with Crippen molar-refractivity contribution in [1.29, 1.82) is 0 Å². The third-order valence-corrected chi connectivity index (χ3v) is 3.32. The van der Waals surface area contributed by atoms with E-state index in [-0.39, 0.29) is 5.91 Å². The maximum absolute atomic E-state index is 12.2. The lowest BCUT2D eigenvalue weighted by atomic mass is 10.2. The SMILES string of the molecule is CCn1cc(NC(=O)c2cc(OC)ccc2Br)cn1. The molecule has 0 radical (unpaired) electrons. The molecule has 0 bridgehead atoms. The molecule has 0 unspecified atom stereocenters. The highest BCUT2D eigenvalue weighted by Gasteiger charge is 2.12. The number of aryl methyl sites for hydroxylation is 1. The van der Waals surface area contributed by atoms with Crippen LogP contribution in [-0.4, -0.2) is 22.8 Å². The molecule has 1 heterocycles. The molecule has 0 aliphatic heterocycles. The molecule has 0 aliphatic rings. The van der Waals surface area contributed by atoms with Gasteiger partial charge >= 0.3 is 0 Å². The Hall–Kier alpha value is -1.82. The van der Waals surface area contributed by atoms with Gasteiger partial charge in [-0.15, -0.1) is 0 Å². The van der Waals surface area contributed by atoms with Gasteiger partial charge < -0.3 is 10.1 Å². The highest BCUT2D eigenvalue weighted by atomic mass is 79.9. The van der Waals surface area contributed by atoms with Crippen LogP contribution in [0.15, 0.2) is 35.1 Å². The van der Waals surface area contributed by atoms with E-state index in [2.05, 4.69) is 26.3 Å². The van der Waals surface area contributed by atoms with Crippen molar-refractivity contribution in [3.63, 3.8) is 0 Å². The van der Waals surface area contributed by atoms with Crippen LogP contribution in [0.5, 0.6) is 5.75 Å². The average Bonchev–Trinajstić information content (AvgIpc) is 2.87. The van der Waals surface area contributed by atoms with Crippen molar-refractivity contribution in [2.75, 3.05) is 12.4 Å². The summed E-state index contributed by atoms with van der Waals surface area (Å²) >= 11 is 3.36. The fourth-order valence-corrected chi connectivity index (χ4v) is 2.03.